The van der Waals surface area contributed by atoms with Gasteiger partial charge in [-0.25, -0.2) is 4.79 Å². The number of benzene rings is 1. The van der Waals surface area contributed by atoms with Crippen LogP contribution in [0.4, 0.5) is 0 Å². The van der Waals surface area contributed by atoms with Crippen molar-refractivity contribution in [3.05, 3.63) is 82.1 Å². The van der Waals surface area contributed by atoms with Gasteiger partial charge < -0.3 is 19.2 Å². The number of esters is 2. The number of rotatable bonds is 5. The summed E-state index contributed by atoms with van der Waals surface area (Å²) in [6.45, 7) is 5.53. The number of methoxy groups -OCH3 is 1. The molecule has 0 amide bonds. The van der Waals surface area contributed by atoms with E-state index in [4.69, 9.17) is 13.9 Å². The van der Waals surface area contributed by atoms with E-state index in [9.17, 15) is 14.4 Å². The monoisotopic (exact) mass is 449 g/mol. The van der Waals surface area contributed by atoms with E-state index >= 15 is 0 Å². The summed E-state index contributed by atoms with van der Waals surface area (Å²) < 4.78 is 16.4. The number of ether oxygens (including phenoxy) is 2. The third-order valence-corrected chi connectivity index (χ3v) is 6.22. The summed E-state index contributed by atoms with van der Waals surface area (Å²) >= 11 is 0. The zero-order valence-electron chi connectivity index (χ0n) is 19.1. The first-order valence-electron chi connectivity index (χ1n) is 10.9. The van der Waals surface area contributed by atoms with Crippen molar-refractivity contribution in [2.24, 2.45) is 11.8 Å². The van der Waals surface area contributed by atoms with Gasteiger partial charge in [0, 0.05) is 17.0 Å². The molecule has 3 atom stereocenters. The molecule has 1 aliphatic carbocycles. The minimum Gasteiger partial charge on any atom is -0.468 e. The predicted octanol–water partition coefficient (Wildman–Crippen LogP) is 3.94. The van der Waals surface area contributed by atoms with Gasteiger partial charge in [-0.2, -0.15) is 0 Å². The van der Waals surface area contributed by atoms with E-state index in [-0.39, 0.29) is 18.3 Å². The van der Waals surface area contributed by atoms with Crippen LogP contribution in [0.2, 0.25) is 0 Å². The lowest BCUT2D eigenvalue weighted by atomic mass is 9.70. The first kappa shape index (κ1) is 22.6. The van der Waals surface area contributed by atoms with E-state index in [1.54, 1.807) is 26.0 Å². The SMILES string of the molecule is COC(=O)[C@@H]1C(=O)C2=C(C[C@H]1C)NC(C)=C(C(=O)OCc1ccccc1)[C@@H]2c1ccc(C)o1. The number of dihydropyridines is 1. The van der Waals surface area contributed by atoms with Gasteiger partial charge in [0.1, 0.15) is 24.0 Å². The summed E-state index contributed by atoms with van der Waals surface area (Å²) in [5.41, 5.74) is 2.80. The third kappa shape index (κ3) is 4.23. The molecule has 7 heteroatoms. The zero-order valence-corrected chi connectivity index (χ0v) is 19.1. The molecule has 0 bridgehead atoms. The highest BCUT2D eigenvalue weighted by molar-refractivity contribution is 6.12. The summed E-state index contributed by atoms with van der Waals surface area (Å²) in [6.07, 6.45) is 0.473. The molecule has 2 aromatic rings. The van der Waals surface area contributed by atoms with Crippen LogP contribution >= 0.6 is 0 Å². The van der Waals surface area contributed by atoms with Gasteiger partial charge in [0.25, 0.3) is 0 Å². The number of hydrogen-bond donors (Lipinski definition) is 1. The Morgan fingerprint density at radius 1 is 1.12 bits per heavy atom. The first-order valence-corrected chi connectivity index (χ1v) is 10.9. The van der Waals surface area contributed by atoms with E-state index in [2.05, 4.69) is 5.32 Å². The molecule has 1 aliphatic heterocycles. The van der Waals surface area contributed by atoms with Crippen LogP contribution in [0.15, 0.2) is 69.4 Å². The second-order valence-corrected chi connectivity index (χ2v) is 8.55. The second kappa shape index (κ2) is 9.10. The third-order valence-electron chi connectivity index (χ3n) is 6.22. The average Bonchev–Trinajstić information content (AvgIpc) is 3.23. The van der Waals surface area contributed by atoms with Crippen molar-refractivity contribution in [2.45, 2.75) is 39.7 Å². The minimum absolute atomic E-state index is 0.0992. The number of nitrogens with one attached hydrogen (secondary N) is 1. The molecule has 0 saturated carbocycles. The van der Waals surface area contributed by atoms with E-state index in [0.29, 0.717) is 40.5 Å². The fourth-order valence-electron chi connectivity index (χ4n) is 4.65. The van der Waals surface area contributed by atoms with Crippen LogP contribution in [0.25, 0.3) is 0 Å². The highest BCUT2D eigenvalue weighted by atomic mass is 16.5. The molecular formula is C26H27NO6. The second-order valence-electron chi connectivity index (χ2n) is 8.55. The quantitative estimate of drug-likeness (QED) is 0.546. The molecule has 2 heterocycles. The average molecular weight is 450 g/mol. The van der Waals surface area contributed by atoms with Crippen LogP contribution in [-0.2, 0) is 30.5 Å². The number of carbonyl (C=O) groups is 3. The Bertz CT molecular complexity index is 1160. The summed E-state index contributed by atoms with van der Waals surface area (Å²) in [4.78, 5) is 39.3. The number of furan rings is 1. The van der Waals surface area contributed by atoms with E-state index in [0.717, 1.165) is 5.56 Å². The maximum absolute atomic E-state index is 13.6. The normalized spacial score (nSPS) is 22.5. The Balaban J connectivity index is 1.74. The molecule has 0 spiro atoms. The van der Waals surface area contributed by atoms with Gasteiger partial charge in [-0.1, -0.05) is 37.3 Å². The molecule has 1 N–H and O–H groups in total. The van der Waals surface area contributed by atoms with Gasteiger partial charge in [0.05, 0.1) is 18.6 Å². The van der Waals surface area contributed by atoms with Crippen LogP contribution in [0.3, 0.4) is 0 Å². The molecule has 0 fully saturated rings. The predicted molar refractivity (Wildman–Crippen MR) is 120 cm³/mol. The topological polar surface area (TPSA) is 94.8 Å². The molecule has 0 saturated heterocycles. The number of aryl methyl sites for hydroxylation is 1. The fourth-order valence-corrected chi connectivity index (χ4v) is 4.65. The molecule has 0 unspecified atom stereocenters. The highest BCUT2D eigenvalue weighted by Gasteiger charge is 2.48. The van der Waals surface area contributed by atoms with E-state index < -0.39 is 23.8 Å². The van der Waals surface area contributed by atoms with Crippen LogP contribution in [-0.4, -0.2) is 24.8 Å². The van der Waals surface area contributed by atoms with Crippen LogP contribution in [0, 0.1) is 18.8 Å². The molecule has 1 aromatic carbocycles. The molecule has 2 aliphatic rings. The smallest absolute Gasteiger partial charge is 0.337 e. The van der Waals surface area contributed by atoms with Gasteiger partial charge in [0.15, 0.2) is 5.78 Å². The van der Waals surface area contributed by atoms with Crippen molar-refractivity contribution in [2.75, 3.05) is 7.11 Å². The van der Waals surface area contributed by atoms with Crippen molar-refractivity contribution in [3.8, 4) is 0 Å². The van der Waals surface area contributed by atoms with Gasteiger partial charge in [-0.15, -0.1) is 0 Å². The van der Waals surface area contributed by atoms with Crippen molar-refractivity contribution < 1.29 is 28.3 Å². The molecule has 7 nitrogen and oxygen atoms in total. The minimum atomic E-state index is -0.936. The highest BCUT2D eigenvalue weighted by Crippen LogP contribution is 2.45. The number of Topliss-reactive ketones (excluding diaryl/α,β-unsaturated/α-hetero) is 1. The van der Waals surface area contributed by atoms with Crippen molar-refractivity contribution >= 4 is 17.7 Å². The number of carbonyl (C=O) groups excluding carboxylic acids is 3. The Labute approximate surface area is 192 Å². The first-order chi connectivity index (χ1) is 15.8. The molecule has 4 rings (SSSR count). The standard InChI is InChI=1S/C26H27NO6/c1-14-12-18-22(24(28)20(14)25(29)31-4)23(19-11-10-15(2)33-19)21(16(3)27-18)26(30)32-13-17-8-6-5-7-9-17/h5-11,14,20,23,27H,12-13H2,1-4H3/t14-,20+,23+/m1/s1. The Hall–Kier alpha value is -3.61. The van der Waals surface area contributed by atoms with E-state index in [1.165, 1.54) is 7.11 Å². The van der Waals surface area contributed by atoms with Crippen molar-refractivity contribution in [1.29, 1.82) is 0 Å². The zero-order chi connectivity index (χ0) is 23.7. The van der Waals surface area contributed by atoms with Gasteiger partial charge >= 0.3 is 11.9 Å². The Kier molecular flexibility index (Phi) is 6.22. The van der Waals surface area contributed by atoms with E-state index in [1.807, 2.05) is 37.3 Å². The van der Waals surface area contributed by atoms with Crippen molar-refractivity contribution in [1.82, 2.24) is 5.32 Å². The lowest BCUT2D eigenvalue weighted by Gasteiger charge is -2.37. The largest absolute Gasteiger partial charge is 0.468 e. The van der Waals surface area contributed by atoms with Gasteiger partial charge in [-0.05, 0) is 43.9 Å². The van der Waals surface area contributed by atoms with Crippen LogP contribution in [0.1, 0.15) is 43.3 Å². The Morgan fingerprint density at radius 2 is 1.85 bits per heavy atom. The van der Waals surface area contributed by atoms with Crippen LogP contribution < -0.4 is 5.32 Å². The lowest BCUT2D eigenvalue weighted by Crippen LogP contribution is -2.43. The summed E-state index contributed by atoms with van der Waals surface area (Å²) in [5.74, 6) is -2.32. The fraction of sp³-hybridized carbons (Fsp3) is 0.346. The molecule has 33 heavy (non-hydrogen) atoms. The summed E-state index contributed by atoms with van der Waals surface area (Å²) in [6, 6.07) is 12.9. The maximum atomic E-state index is 13.6. The molecule has 1 aromatic heterocycles. The number of allylic oxidation sites excluding steroid dienone is 3. The molecular weight excluding hydrogens is 422 g/mol. The lowest BCUT2D eigenvalue weighted by molar-refractivity contribution is -0.151. The summed E-state index contributed by atoms with van der Waals surface area (Å²) in [5, 5.41) is 3.24. The molecule has 172 valence electrons. The van der Waals surface area contributed by atoms with Crippen molar-refractivity contribution in [3.63, 3.8) is 0 Å². The van der Waals surface area contributed by atoms with Crippen LogP contribution in [0.5, 0.6) is 0 Å². The van der Waals surface area contributed by atoms with Gasteiger partial charge in [0.2, 0.25) is 0 Å². The summed E-state index contributed by atoms with van der Waals surface area (Å²) in [7, 11) is 1.27. The Morgan fingerprint density at radius 3 is 2.48 bits per heavy atom. The number of ketones is 1. The van der Waals surface area contributed by atoms with Gasteiger partial charge in [-0.3, -0.25) is 9.59 Å². The number of hydrogen-bond acceptors (Lipinski definition) is 7. The molecule has 0 radical (unpaired) electrons. The maximum Gasteiger partial charge on any atom is 0.337 e.